The van der Waals surface area contributed by atoms with Crippen LogP contribution in [0.5, 0.6) is 0 Å². The Balaban J connectivity index is 2.46. The van der Waals surface area contributed by atoms with Gasteiger partial charge in [0.05, 0.1) is 0 Å². The summed E-state index contributed by atoms with van der Waals surface area (Å²) in [4.78, 5) is 0. The molecule has 2 atom stereocenters. The van der Waals surface area contributed by atoms with Crippen LogP contribution in [0.1, 0.15) is 44.9 Å². The molecular weight excluding hydrogens is 194 g/mol. The van der Waals surface area contributed by atoms with Gasteiger partial charge in [-0.25, -0.2) is 0 Å². The molecule has 1 aromatic rings. The van der Waals surface area contributed by atoms with Gasteiger partial charge in [0.25, 0.3) is 0 Å². The molecule has 2 unspecified atom stereocenters. The molecule has 0 bridgehead atoms. The van der Waals surface area contributed by atoms with Gasteiger partial charge in [-0.2, -0.15) is 0 Å². The van der Waals surface area contributed by atoms with Crippen molar-refractivity contribution in [3.8, 4) is 0 Å². The highest BCUT2D eigenvalue weighted by molar-refractivity contribution is 5.23. The van der Waals surface area contributed by atoms with Crippen molar-refractivity contribution < 1.29 is 0 Å². The maximum atomic E-state index is 3.60. The number of benzene rings is 1. The van der Waals surface area contributed by atoms with Crippen LogP contribution in [0.15, 0.2) is 24.3 Å². The average molecular weight is 219 g/mol. The van der Waals surface area contributed by atoms with Gasteiger partial charge in [0, 0.05) is 6.04 Å². The van der Waals surface area contributed by atoms with Gasteiger partial charge in [0.2, 0.25) is 0 Å². The summed E-state index contributed by atoms with van der Waals surface area (Å²) in [5.74, 6) is 1.48. The third-order valence-corrected chi connectivity index (χ3v) is 3.46. The van der Waals surface area contributed by atoms with Crippen LogP contribution in [0.4, 0.5) is 0 Å². The second-order valence-corrected chi connectivity index (χ2v) is 5.26. The molecule has 0 aromatic heterocycles. The quantitative estimate of drug-likeness (QED) is 0.791. The summed E-state index contributed by atoms with van der Waals surface area (Å²) in [5.41, 5.74) is 2.70. The first-order valence-corrected chi connectivity index (χ1v) is 6.30. The van der Waals surface area contributed by atoms with Crippen molar-refractivity contribution in [1.29, 1.82) is 0 Å². The highest BCUT2D eigenvalue weighted by Crippen LogP contribution is 2.15. The maximum Gasteiger partial charge on any atom is 0.0291 e. The second-order valence-electron chi connectivity index (χ2n) is 5.26. The van der Waals surface area contributed by atoms with E-state index < -0.39 is 0 Å². The molecule has 0 radical (unpaired) electrons. The monoisotopic (exact) mass is 219 g/mol. The van der Waals surface area contributed by atoms with E-state index in [2.05, 4.69) is 64.2 Å². The Morgan fingerprint density at radius 1 is 1.00 bits per heavy atom. The Bertz CT molecular complexity index is 300. The van der Waals surface area contributed by atoms with Gasteiger partial charge in [-0.05, 0) is 37.8 Å². The molecule has 0 aliphatic carbocycles. The van der Waals surface area contributed by atoms with Crippen LogP contribution in [-0.2, 0) is 0 Å². The lowest BCUT2D eigenvalue weighted by Crippen LogP contribution is -2.26. The molecule has 0 fully saturated rings. The van der Waals surface area contributed by atoms with Gasteiger partial charge in [-0.15, -0.1) is 0 Å². The van der Waals surface area contributed by atoms with E-state index >= 15 is 0 Å². The Labute approximate surface area is 100 Å². The smallest absolute Gasteiger partial charge is 0.0291 e. The van der Waals surface area contributed by atoms with Gasteiger partial charge >= 0.3 is 0 Å². The van der Waals surface area contributed by atoms with Gasteiger partial charge in [0.15, 0.2) is 0 Å². The van der Waals surface area contributed by atoms with Crippen molar-refractivity contribution in [2.75, 3.05) is 6.54 Å². The number of rotatable bonds is 5. The van der Waals surface area contributed by atoms with Crippen molar-refractivity contribution in [3.63, 3.8) is 0 Å². The Hall–Kier alpha value is -0.820. The van der Waals surface area contributed by atoms with Crippen LogP contribution in [-0.4, -0.2) is 6.54 Å². The largest absolute Gasteiger partial charge is 0.310 e. The number of hydrogen-bond acceptors (Lipinski definition) is 1. The molecule has 1 rings (SSSR count). The summed E-state index contributed by atoms with van der Waals surface area (Å²) in [6.07, 6.45) is 0. The number of hydrogen-bond donors (Lipinski definition) is 1. The summed E-state index contributed by atoms with van der Waals surface area (Å²) in [6.45, 7) is 12.3. The Kier molecular flexibility index (Phi) is 5.01. The predicted molar refractivity (Wildman–Crippen MR) is 71.6 cm³/mol. The van der Waals surface area contributed by atoms with Gasteiger partial charge in [-0.1, -0.05) is 50.6 Å². The summed E-state index contributed by atoms with van der Waals surface area (Å²) < 4.78 is 0. The summed E-state index contributed by atoms with van der Waals surface area (Å²) in [5, 5.41) is 3.60. The molecular formula is C15H25N. The van der Waals surface area contributed by atoms with E-state index in [-0.39, 0.29) is 0 Å². The highest BCUT2D eigenvalue weighted by atomic mass is 14.9. The lowest BCUT2D eigenvalue weighted by Gasteiger charge is -2.20. The van der Waals surface area contributed by atoms with Crippen molar-refractivity contribution in [2.45, 2.75) is 40.7 Å². The fourth-order valence-corrected chi connectivity index (χ4v) is 1.57. The minimum Gasteiger partial charge on any atom is -0.310 e. The third-order valence-electron chi connectivity index (χ3n) is 3.46. The zero-order valence-electron chi connectivity index (χ0n) is 11.2. The highest BCUT2D eigenvalue weighted by Gasteiger charge is 2.09. The number of aryl methyl sites for hydroxylation is 1. The molecule has 0 spiro atoms. The minimum absolute atomic E-state index is 0.446. The normalized spacial score (nSPS) is 15.1. The van der Waals surface area contributed by atoms with E-state index in [4.69, 9.17) is 0 Å². The van der Waals surface area contributed by atoms with Crippen LogP contribution in [0.3, 0.4) is 0 Å². The zero-order valence-corrected chi connectivity index (χ0v) is 11.2. The number of nitrogens with one attached hydrogen (secondary N) is 1. The lowest BCUT2D eigenvalue weighted by molar-refractivity contribution is 0.375. The molecule has 0 aliphatic rings. The molecule has 1 N–H and O–H groups in total. The minimum atomic E-state index is 0.446. The van der Waals surface area contributed by atoms with Gasteiger partial charge in [0.1, 0.15) is 0 Å². The van der Waals surface area contributed by atoms with Crippen molar-refractivity contribution >= 4 is 0 Å². The molecule has 1 nitrogen and oxygen atoms in total. The first kappa shape index (κ1) is 13.2. The van der Waals surface area contributed by atoms with Gasteiger partial charge in [-0.3, -0.25) is 0 Å². The van der Waals surface area contributed by atoms with E-state index in [0.29, 0.717) is 6.04 Å². The molecule has 1 heteroatoms. The third kappa shape index (κ3) is 3.97. The maximum absolute atomic E-state index is 3.60. The van der Waals surface area contributed by atoms with Crippen LogP contribution in [0, 0.1) is 18.8 Å². The Morgan fingerprint density at radius 2 is 1.56 bits per heavy atom. The van der Waals surface area contributed by atoms with E-state index in [0.717, 1.165) is 18.4 Å². The van der Waals surface area contributed by atoms with Crippen molar-refractivity contribution in [2.24, 2.45) is 11.8 Å². The van der Waals surface area contributed by atoms with E-state index in [9.17, 15) is 0 Å². The zero-order chi connectivity index (χ0) is 12.1. The summed E-state index contributed by atoms with van der Waals surface area (Å²) >= 11 is 0. The van der Waals surface area contributed by atoms with Crippen LogP contribution in [0.2, 0.25) is 0 Å². The molecule has 0 saturated heterocycles. The van der Waals surface area contributed by atoms with E-state index in [1.54, 1.807) is 0 Å². The average Bonchev–Trinajstić information content (AvgIpc) is 2.26. The van der Waals surface area contributed by atoms with E-state index in [1.807, 2.05) is 0 Å². The lowest BCUT2D eigenvalue weighted by atomic mass is 9.97. The van der Waals surface area contributed by atoms with Gasteiger partial charge < -0.3 is 5.32 Å². The Morgan fingerprint density at radius 3 is 2.06 bits per heavy atom. The van der Waals surface area contributed by atoms with Crippen molar-refractivity contribution in [1.82, 2.24) is 5.32 Å². The molecule has 0 aliphatic heterocycles. The topological polar surface area (TPSA) is 12.0 Å². The first-order chi connectivity index (χ1) is 7.50. The fourth-order valence-electron chi connectivity index (χ4n) is 1.57. The molecule has 0 saturated carbocycles. The molecule has 0 heterocycles. The SMILES string of the molecule is Cc1ccc(C(C)NCC(C)C(C)C)cc1. The summed E-state index contributed by atoms with van der Waals surface area (Å²) in [7, 11) is 0. The first-order valence-electron chi connectivity index (χ1n) is 6.30. The van der Waals surface area contributed by atoms with E-state index in [1.165, 1.54) is 11.1 Å². The van der Waals surface area contributed by atoms with Crippen molar-refractivity contribution in [3.05, 3.63) is 35.4 Å². The summed E-state index contributed by atoms with van der Waals surface area (Å²) in [6, 6.07) is 9.24. The standard InChI is InChI=1S/C15H25N/c1-11(2)13(4)10-16-14(5)15-8-6-12(3)7-9-15/h6-9,11,13-14,16H,10H2,1-5H3. The fraction of sp³-hybridized carbons (Fsp3) is 0.600. The molecule has 1 aromatic carbocycles. The molecule has 0 amide bonds. The van der Waals surface area contributed by atoms with Crippen LogP contribution >= 0.6 is 0 Å². The second kappa shape index (κ2) is 6.05. The predicted octanol–water partition coefficient (Wildman–Crippen LogP) is 3.94. The molecule has 16 heavy (non-hydrogen) atoms. The van der Waals surface area contributed by atoms with Crippen LogP contribution < -0.4 is 5.32 Å². The molecule has 90 valence electrons. The van der Waals surface area contributed by atoms with Crippen LogP contribution in [0.25, 0.3) is 0 Å².